The zero-order valence-corrected chi connectivity index (χ0v) is 16.2. The Morgan fingerprint density at radius 3 is 2.75 bits per heavy atom. The largest absolute Gasteiger partial charge is 0.547 e. The predicted octanol–water partition coefficient (Wildman–Crippen LogP) is 1.77. The van der Waals surface area contributed by atoms with Gasteiger partial charge in [-0.05, 0) is 24.5 Å². The lowest BCUT2D eigenvalue weighted by Crippen LogP contribution is -2.53. The van der Waals surface area contributed by atoms with Crippen molar-refractivity contribution in [1.82, 2.24) is 5.32 Å². The molecule has 0 saturated heterocycles. The number of carbonyl (C=O) groups is 3. The second-order valence-corrected chi connectivity index (χ2v) is 6.68. The van der Waals surface area contributed by atoms with Crippen LogP contribution in [0.1, 0.15) is 61.9 Å². The molecular formula is C19H26BNO7. The summed E-state index contributed by atoms with van der Waals surface area (Å²) >= 11 is 0. The molecule has 1 amide bonds. The molecule has 1 aliphatic heterocycles. The van der Waals surface area contributed by atoms with Crippen molar-refractivity contribution in [3.63, 3.8) is 0 Å². The monoisotopic (exact) mass is 391 g/mol. The highest BCUT2D eigenvalue weighted by molar-refractivity contribution is 6.47. The summed E-state index contributed by atoms with van der Waals surface area (Å²) in [5, 5.41) is 13.1. The number of amides is 1. The Balaban J connectivity index is 1.97. The van der Waals surface area contributed by atoms with Crippen LogP contribution in [-0.4, -0.2) is 42.7 Å². The number of hydrogen-bond donors (Lipinski definition) is 2. The second-order valence-electron chi connectivity index (χ2n) is 6.68. The molecule has 0 fully saturated rings. The molecule has 1 heterocycles. The van der Waals surface area contributed by atoms with Crippen molar-refractivity contribution in [3.8, 4) is 5.75 Å². The average Bonchev–Trinajstić information content (AvgIpc) is 2.65. The first-order valence-electron chi connectivity index (χ1n) is 9.48. The van der Waals surface area contributed by atoms with Crippen LogP contribution in [0.15, 0.2) is 18.2 Å². The van der Waals surface area contributed by atoms with E-state index in [0.29, 0.717) is 18.4 Å². The van der Waals surface area contributed by atoms with E-state index in [1.54, 1.807) is 12.1 Å². The maximum Gasteiger partial charge on any atom is 0.547 e. The number of para-hydroxylation sites is 1. The zero-order chi connectivity index (χ0) is 20.5. The van der Waals surface area contributed by atoms with E-state index < -0.39 is 31.8 Å². The lowest BCUT2D eigenvalue weighted by molar-refractivity contribution is -0.149. The molecule has 0 aromatic heterocycles. The number of unbranched alkanes of at least 4 members (excludes halogenated alkanes) is 3. The van der Waals surface area contributed by atoms with Crippen LogP contribution < -0.4 is 9.97 Å². The summed E-state index contributed by atoms with van der Waals surface area (Å²) in [6, 6.07) is 4.91. The fourth-order valence-electron chi connectivity index (χ4n) is 2.94. The minimum atomic E-state index is -1.28. The van der Waals surface area contributed by atoms with Crippen LogP contribution in [0.4, 0.5) is 0 Å². The first-order valence-corrected chi connectivity index (χ1v) is 9.48. The molecular weight excluding hydrogens is 365 g/mol. The highest BCUT2D eigenvalue weighted by Crippen LogP contribution is 2.30. The predicted molar refractivity (Wildman–Crippen MR) is 101 cm³/mol. The molecule has 9 heteroatoms. The number of ether oxygens (including phenoxy) is 2. The number of rotatable bonds is 9. The van der Waals surface area contributed by atoms with Crippen LogP contribution in [0.3, 0.4) is 0 Å². The average molecular weight is 391 g/mol. The number of carbonyl (C=O) groups excluding carboxylic acids is 3. The van der Waals surface area contributed by atoms with E-state index in [0.717, 1.165) is 25.7 Å². The molecule has 0 radical (unpaired) electrons. The molecule has 1 aromatic rings. The smallest absolute Gasteiger partial charge is 0.534 e. The Bertz CT molecular complexity index is 710. The van der Waals surface area contributed by atoms with E-state index in [1.165, 1.54) is 13.0 Å². The van der Waals surface area contributed by atoms with Crippen LogP contribution in [0.5, 0.6) is 5.75 Å². The molecule has 2 rings (SSSR count). The lowest BCUT2D eigenvalue weighted by Gasteiger charge is -2.29. The van der Waals surface area contributed by atoms with Crippen LogP contribution in [0.25, 0.3) is 0 Å². The maximum atomic E-state index is 12.2. The van der Waals surface area contributed by atoms with E-state index in [2.05, 4.69) is 17.0 Å². The summed E-state index contributed by atoms with van der Waals surface area (Å²) in [5.74, 6) is -1.83. The van der Waals surface area contributed by atoms with Crippen LogP contribution in [-0.2, 0) is 25.5 Å². The van der Waals surface area contributed by atoms with Gasteiger partial charge in [0.05, 0.1) is 5.94 Å². The molecule has 0 saturated carbocycles. The summed E-state index contributed by atoms with van der Waals surface area (Å²) in [5.41, 5.74) is 0.788. The van der Waals surface area contributed by atoms with Crippen molar-refractivity contribution in [1.29, 1.82) is 0 Å². The molecule has 0 unspecified atom stereocenters. The van der Waals surface area contributed by atoms with Gasteiger partial charge < -0.3 is 24.5 Å². The van der Waals surface area contributed by atoms with Gasteiger partial charge in [-0.15, -0.1) is 0 Å². The number of hydrogen-bond acceptors (Lipinski definition) is 7. The van der Waals surface area contributed by atoms with Gasteiger partial charge in [-0.2, -0.15) is 0 Å². The van der Waals surface area contributed by atoms with Crippen molar-refractivity contribution < 1.29 is 33.5 Å². The van der Waals surface area contributed by atoms with E-state index in [1.807, 2.05) is 0 Å². The van der Waals surface area contributed by atoms with Gasteiger partial charge in [0, 0.05) is 13.3 Å². The van der Waals surface area contributed by atoms with Crippen LogP contribution >= 0.6 is 0 Å². The highest BCUT2D eigenvalue weighted by Gasteiger charge is 2.37. The molecule has 152 valence electrons. The van der Waals surface area contributed by atoms with Gasteiger partial charge in [0.15, 0.2) is 0 Å². The summed E-state index contributed by atoms with van der Waals surface area (Å²) in [4.78, 5) is 35.0. The summed E-state index contributed by atoms with van der Waals surface area (Å²) in [7, 11) is -1.28. The number of esters is 2. The second kappa shape index (κ2) is 10.7. The Labute approximate surface area is 164 Å². The topological polar surface area (TPSA) is 111 Å². The van der Waals surface area contributed by atoms with Crippen LogP contribution in [0, 0.1) is 0 Å². The van der Waals surface area contributed by atoms with Gasteiger partial charge in [0.2, 0.25) is 12.7 Å². The van der Waals surface area contributed by atoms with Crippen molar-refractivity contribution in [2.45, 2.75) is 58.3 Å². The first kappa shape index (κ1) is 21.8. The fraction of sp³-hybridized carbons (Fsp3) is 0.526. The van der Waals surface area contributed by atoms with E-state index in [4.69, 9.17) is 9.39 Å². The van der Waals surface area contributed by atoms with Crippen LogP contribution in [0.2, 0.25) is 0 Å². The zero-order valence-electron chi connectivity index (χ0n) is 16.2. The molecule has 28 heavy (non-hydrogen) atoms. The molecule has 0 aliphatic carbocycles. The minimum Gasteiger partial charge on any atom is -0.534 e. The third-order valence-corrected chi connectivity index (χ3v) is 4.40. The summed E-state index contributed by atoms with van der Waals surface area (Å²) in [6.07, 6.45) is 4.71. The Morgan fingerprint density at radius 1 is 1.25 bits per heavy atom. The molecule has 2 N–H and O–H groups in total. The van der Waals surface area contributed by atoms with Crippen molar-refractivity contribution in [2.24, 2.45) is 0 Å². The van der Waals surface area contributed by atoms with Crippen molar-refractivity contribution in [3.05, 3.63) is 29.3 Å². The normalized spacial score (nSPS) is 15.2. The van der Waals surface area contributed by atoms with Gasteiger partial charge in [-0.1, -0.05) is 38.3 Å². The van der Waals surface area contributed by atoms with Gasteiger partial charge in [0.1, 0.15) is 11.3 Å². The molecule has 0 spiro atoms. The fourth-order valence-corrected chi connectivity index (χ4v) is 2.94. The lowest BCUT2D eigenvalue weighted by atomic mass is 9.72. The van der Waals surface area contributed by atoms with E-state index >= 15 is 0 Å². The molecule has 1 atom stereocenters. The van der Waals surface area contributed by atoms with Gasteiger partial charge in [-0.25, -0.2) is 4.79 Å². The molecule has 1 aromatic carbocycles. The molecule has 0 bridgehead atoms. The van der Waals surface area contributed by atoms with Gasteiger partial charge in [-0.3, -0.25) is 9.59 Å². The SMILES string of the molecule is CCCCCCC(=O)N[C@H]1Cc2cccc(C(=O)OCOC(C)=O)c2OB1O. The number of benzene rings is 1. The minimum absolute atomic E-state index is 0.119. The van der Waals surface area contributed by atoms with E-state index in [-0.39, 0.29) is 17.2 Å². The van der Waals surface area contributed by atoms with Crippen molar-refractivity contribution >= 4 is 25.0 Å². The standard InChI is InChI=1S/C19H26BNO7/c1-3-4-5-6-10-17(23)21-16-11-14-8-7-9-15(18(14)28-20(16)25)19(24)27-12-26-13(2)22/h7-9,16,25H,3-6,10-12H2,1-2H3,(H,21,23)/t16-/m0/s1. The molecule has 1 aliphatic rings. The van der Waals surface area contributed by atoms with Crippen molar-refractivity contribution in [2.75, 3.05) is 6.79 Å². The van der Waals surface area contributed by atoms with Gasteiger partial charge >= 0.3 is 19.1 Å². The summed E-state index contributed by atoms with van der Waals surface area (Å²) in [6.45, 7) is 2.81. The molecule has 8 nitrogen and oxygen atoms in total. The Hall–Kier alpha value is -2.55. The van der Waals surface area contributed by atoms with Gasteiger partial charge in [0.25, 0.3) is 0 Å². The maximum absolute atomic E-state index is 12.2. The third-order valence-electron chi connectivity index (χ3n) is 4.40. The number of fused-ring (bicyclic) bond motifs is 1. The Kier molecular flexibility index (Phi) is 8.31. The number of nitrogens with one attached hydrogen (secondary N) is 1. The quantitative estimate of drug-likeness (QED) is 0.286. The Morgan fingerprint density at radius 2 is 2.04 bits per heavy atom. The van der Waals surface area contributed by atoms with E-state index in [9.17, 15) is 19.4 Å². The first-order chi connectivity index (χ1) is 13.4. The third kappa shape index (κ3) is 6.26. The highest BCUT2D eigenvalue weighted by atomic mass is 16.7. The summed E-state index contributed by atoms with van der Waals surface area (Å²) < 4.78 is 15.0.